The molecule has 0 spiro atoms. The van der Waals surface area contributed by atoms with Crippen molar-refractivity contribution in [2.45, 2.75) is 33.2 Å². The van der Waals surface area contributed by atoms with Gasteiger partial charge in [0, 0.05) is 44.2 Å². The van der Waals surface area contributed by atoms with E-state index >= 15 is 0 Å². The van der Waals surface area contributed by atoms with Crippen molar-refractivity contribution in [2.75, 3.05) is 44.7 Å². The molecule has 1 aliphatic heterocycles. The Kier molecular flexibility index (Phi) is 7.44. The monoisotopic (exact) mass is 425 g/mol. The lowest BCUT2D eigenvalue weighted by Crippen LogP contribution is -2.52. The molecular formula is C23H31N5O3. The second-order valence-corrected chi connectivity index (χ2v) is 7.84. The minimum atomic E-state index is -0.00362. The van der Waals surface area contributed by atoms with E-state index in [1.165, 1.54) is 0 Å². The summed E-state index contributed by atoms with van der Waals surface area (Å²) in [7, 11) is 1.64. The summed E-state index contributed by atoms with van der Waals surface area (Å²) in [5, 5.41) is 8.75. The number of ether oxygens (including phenoxy) is 1. The van der Waals surface area contributed by atoms with Gasteiger partial charge in [0.15, 0.2) is 5.82 Å². The summed E-state index contributed by atoms with van der Waals surface area (Å²) < 4.78 is 5.19. The van der Waals surface area contributed by atoms with Crippen LogP contribution in [0.5, 0.6) is 5.75 Å². The first kappa shape index (κ1) is 22.5. The lowest BCUT2D eigenvalue weighted by atomic mass is 10.1. The first-order valence-corrected chi connectivity index (χ1v) is 10.7. The number of anilines is 1. The zero-order valence-electron chi connectivity index (χ0n) is 18.7. The first-order chi connectivity index (χ1) is 14.9. The second-order valence-electron chi connectivity index (χ2n) is 7.84. The van der Waals surface area contributed by atoms with Crippen molar-refractivity contribution in [1.29, 1.82) is 0 Å². The van der Waals surface area contributed by atoms with Crippen molar-refractivity contribution in [3.8, 4) is 17.0 Å². The molecule has 0 N–H and O–H groups in total. The van der Waals surface area contributed by atoms with E-state index in [1.54, 1.807) is 12.0 Å². The van der Waals surface area contributed by atoms with Crippen molar-refractivity contribution in [1.82, 2.24) is 20.0 Å². The summed E-state index contributed by atoms with van der Waals surface area (Å²) >= 11 is 0. The summed E-state index contributed by atoms with van der Waals surface area (Å²) in [6.07, 6.45) is 0.407. The molecule has 0 bridgehead atoms. The fourth-order valence-corrected chi connectivity index (χ4v) is 3.60. The summed E-state index contributed by atoms with van der Waals surface area (Å²) in [6, 6.07) is 11.6. The van der Waals surface area contributed by atoms with Crippen molar-refractivity contribution < 1.29 is 14.3 Å². The molecule has 0 unspecified atom stereocenters. The number of aromatic nitrogens is 2. The normalized spacial score (nSPS) is 14.0. The smallest absolute Gasteiger partial charge is 0.242 e. The molecule has 2 aromatic rings. The van der Waals surface area contributed by atoms with E-state index in [0.717, 1.165) is 22.8 Å². The van der Waals surface area contributed by atoms with Crippen LogP contribution in [0.15, 0.2) is 36.4 Å². The van der Waals surface area contributed by atoms with Crippen LogP contribution >= 0.6 is 0 Å². The molecule has 166 valence electrons. The summed E-state index contributed by atoms with van der Waals surface area (Å²) in [5.74, 6) is 1.61. The van der Waals surface area contributed by atoms with Crippen LogP contribution in [0.25, 0.3) is 11.3 Å². The van der Waals surface area contributed by atoms with Crippen molar-refractivity contribution in [2.24, 2.45) is 0 Å². The van der Waals surface area contributed by atoms with Gasteiger partial charge in [0.2, 0.25) is 11.8 Å². The number of rotatable bonds is 7. The zero-order chi connectivity index (χ0) is 22.4. The Balaban J connectivity index is 1.56. The SMILES string of the molecule is CCC(=O)N(CC(=O)N1CCN(c2ccc(-c3ccc(OC)cc3)nn2)CC1)C(C)C. The van der Waals surface area contributed by atoms with Gasteiger partial charge >= 0.3 is 0 Å². The fourth-order valence-electron chi connectivity index (χ4n) is 3.60. The highest BCUT2D eigenvalue weighted by Gasteiger charge is 2.26. The van der Waals surface area contributed by atoms with Crippen LogP contribution in [-0.2, 0) is 9.59 Å². The van der Waals surface area contributed by atoms with Crippen molar-refractivity contribution >= 4 is 17.6 Å². The Bertz CT molecular complexity index is 875. The number of piperazine rings is 1. The third-order valence-corrected chi connectivity index (χ3v) is 5.54. The van der Waals surface area contributed by atoms with E-state index in [9.17, 15) is 9.59 Å². The van der Waals surface area contributed by atoms with Crippen LogP contribution in [-0.4, -0.2) is 77.7 Å². The quantitative estimate of drug-likeness (QED) is 0.678. The molecular weight excluding hydrogens is 394 g/mol. The highest BCUT2D eigenvalue weighted by molar-refractivity contribution is 5.85. The standard InChI is InChI=1S/C23H31N5O3/c1-5-22(29)28(17(2)3)16-23(30)27-14-12-26(13-15-27)21-11-10-20(24-25-21)18-6-8-19(31-4)9-7-18/h6-11,17H,5,12-16H2,1-4H3. The number of carbonyl (C=O) groups excluding carboxylic acids is 2. The van der Waals surface area contributed by atoms with Gasteiger partial charge in [-0.25, -0.2) is 0 Å². The molecule has 0 atom stereocenters. The molecule has 3 rings (SSSR count). The zero-order valence-corrected chi connectivity index (χ0v) is 18.7. The topological polar surface area (TPSA) is 78.9 Å². The lowest BCUT2D eigenvalue weighted by Gasteiger charge is -2.36. The Hall–Kier alpha value is -3.16. The summed E-state index contributed by atoms with van der Waals surface area (Å²) in [4.78, 5) is 30.4. The van der Waals surface area contributed by atoms with Gasteiger partial charge in [0.05, 0.1) is 19.3 Å². The Labute approximate surface area is 183 Å². The van der Waals surface area contributed by atoms with Crippen LogP contribution < -0.4 is 9.64 Å². The van der Waals surface area contributed by atoms with Gasteiger partial charge in [-0.1, -0.05) is 6.92 Å². The summed E-state index contributed by atoms with van der Waals surface area (Å²) in [6.45, 7) is 8.42. The lowest BCUT2D eigenvalue weighted by molar-refractivity contribution is -0.142. The highest BCUT2D eigenvalue weighted by atomic mass is 16.5. The van der Waals surface area contributed by atoms with Gasteiger partial charge in [0.25, 0.3) is 0 Å². The molecule has 1 aliphatic rings. The predicted molar refractivity (Wildman–Crippen MR) is 120 cm³/mol. The molecule has 1 aromatic carbocycles. The van der Waals surface area contributed by atoms with Gasteiger partial charge in [-0.2, -0.15) is 0 Å². The Morgan fingerprint density at radius 2 is 1.71 bits per heavy atom. The van der Waals surface area contributed by atoms with Crippen molar-refractivity contribution in [3.63, 3.8) is 0 Å². The van der Waals surface area contributed by atoms with E-state index in [-0.39, 0.29) is 24.4 Å². The molecule has 0 radical (unpaired) electrons. The van der Waals surface area contributed by atoms with Gasteiger partial charge in [-0.15, -0.1) is 10.2 Å². The molecule has 2 heterocycles. The summed E-state index contributed by atoms with van der Waals surface area (Å²) in [5.41, 5.74) is 1.78. The second kappa shape index (κ2) is 10.2. The minimum Gasteiger partial charge on any atom is -0.497 e. The average molecular weight is 426 g/mol. The van der Waals surface area contributed by atoms with E-state index in [1.807, 2.05) is 62.1 Å². The molecule has 1 fully saturated rings. The number of carbonyl (C=O) groups is 2. The number of benzene rings is 1. The Morgan fingerprint density at radius 1 is 1.03 bits per heavy atom. The van der Waals surface area contributed by atoms with Gasteiger partial charge < -0.3 is 19.4 Å². The predicted octanol–water partition coefficient (Wildman–Crippen LogP) is 2.45. The fraction of sp³-hybridized carbons (Fsp3) is 0.478. The molecule has 1 saturated heterocycles. The third-order valence-electron chi connectivity index (χ3n) is 5.54. The minimum absolute atomic E-state index is 0.00362. The largest absolute Gasteiger partial charge is 0.497 e. The Morgan fingerprint density at radius 3 is 2.23 bits per heavy atom. The molecule has 2 amide bonds. The van der Waals surface area contributed by atoms with Gasteiger partial charge in [-0.3, -0.25) is 9.59 Å². The van der Waals surface area contributed by atoms with Crippen LogP contribution in [0.1, 0.15) is 27.2 Å². The molecule has 8 heteroatoms. The number of amides is 2. The number of nitrogens with zero attached hydrogens (tertiary/aromatic N) is 5. The maximum atomic E-state index is 12.7. The van der Waals surface area contributed by atoms with Crippen LogP contribution in [0.4, 0.5) is 5.82 Å². The third kappa shape index (κ3) is 5.51. The number of methoxy groups -OCH3 is 1. The van der Waals surface area contributed by atoms with E-state index < -0.39 is 0 Å². The average Bonchev–Trinajstić information content (AvgIpc) is 2.82. The maximum absolute atomic E-state index is 12.7. The van der Waals surface area contributed by atoms with Gasteiger partial charge in [0.1, 0.15) is 5.75 Å². The van der Waals surface area contributed by atoms with Crippen LogP contribution in [0.3, 0.4) is 0 Å². The first-order valence-electron chi connectivity index (χ1n) is 10.7. The van der Waals surface area contributed by atoms with Crippen LogP contribution in [0, 0.1) is 0 Å². The number of hydrogen-bond donors (Lipinski definition) is 0. The van der Waals surface area contributed by atoms with E-state index in [2.05, 4.69) is 15.1 Å². The van der Waals surface area contributed by atoms with Crippen LogP contribution in [0.2, 0.25) is 0 Å². The molecule has 8 nitrogen and oxygen atoms in total. The maximum Gasteiger partial charge on any atom is 0.242 e. The number of hydrogen-bond acceptors (Lipinski definition) is 6. The van der Waals surface area contributed by atoms with E-state index in [0.29, 0.717) is 32.6 Å². The molecule has 1 aromatic heterocycles. The van der Waals surface area contributed by atoms with Crippen molar-refractivity contribution in [3.05, 3.63) is 36.4 Å². The van der Waals surface area contributed by atoms with Gasteiger partial charge in [-0.05, 0) is 50.2 Å². The molecule has 0 aliphatic carbocycles. The molecule has 31 heavy (non-hydrogen) atoms. The highest BCUT2D eigenvalue weighted by Crippen LogP contribution is 2.22. The molecule has 0 saturated carbocycles. The van der Waals surface area contributed by atoms with E-state index in [4.69, 9.17) is 4.74 Å².